The molecule has 1 aromatic carbocycles. The fraction of sp³-hybridized carbons (Fsp3) is 0.455. The van der Waals surface area contributed by atoms with Crippen molar-refractivity contribution in [1.82, 2.24) is 10.3 Å². The molecule has 1 aliphatic carbocycles. The van der Waals surface area contributed by atoms with E-state index >= 15 is 0 Å². The number of rotatable bonds is 2. The van der Waals surface area contributed by atoms with Crippen LogP contribution in [0.2, 0.25) is 0 Å². The van der Waals surface area contributed by atoms with Crippen LogP contribution >= 0.6 is 11.3 Å². The topological polar surface area (TPSA) is 37.0 Å². The van der Waals surface area contributed by atoms with E-state index in [2.05, 4.69) is 60.0 Å². The second kappa shape index (κ2) is 5.95. The van der Waals surface area contributed by atoms with Crippen LogP contribution < -0.4 is 5.32 Å². The van der Waals surface area contributed by atoms with Crippen LogP contribution in [-0.4, -0.2) is 18.6 Å². The highest BCUT2D eigenvalue weighted by atomic mass is 32.1. The molecule has 0 saturated heterocycles. The van der Waals surface area contributed by atoms with Crippen molar-refractivity contribution in [3.8, 4) is 0 Å². The third-order valence-corrected chi connectivity index (χ3v) is 7.70. The molecule has 0 atom stereocenters. The molecular formula is C22H26N2OS. The zero-order valence-electron chi connectivity index (χ0n) is 15.5. The summed E-state index contributed by atoms with van der Waals surface area (Å²) >= 11 is 1.87. The van der Waals surface area contributed by atoms with Gasteiger partial charge in [-0.1, -0.05) is 17.7 Å². The highest BCUT2D eigenvalue weighted by Crippen LogP contribution is 2.51. The van der Waals surface area contributed by atoms with Crippen molar-refractivity contribution in [2.75, 3.05) is 13.7 Å². The Morgan fingerprint density at radius 2 is 2.00 bits per heavy atom. The third kappa shape index (κ3) is 2.32. The maximum Gasteiger partial charge on any atom is 0.108 e. The van der Waals surface area contributed by atoms with Crippen molar-refractivity contribution < 1.29 is 4.74 Å². The summed E-state index contributed by atoms with van der Waals surface area (Å²) in [6.45, 7) is 3.01. The van der Waals surface area contributed by atoms with Gasteiger partial charge in [0.15, 0.2) is 0 Å². The van der Waals surface area contributed by atoms with Crippen LogP contribution in [0.1, 0.15) is 47.4 Å². The van der Waals surface area contributed by atoms with Crippen molar-refractivity contribution >= 4 is 22.2 Å². The van der Waals surface area contributed by atoms with E-state index in [0.717, 1.165) is 38.7 Å². The molecule has 136 valence electrons. The lowest BCUT2D eigenvalue weighted by molar-refractivity contribution is -0.101. The zero-order valence-corrected chi connectivity index (χ0v) is 16.3. The highest BCUT2D eigenvalue weighted by molar-refractivity contribution is 7.10. The smallest absolute Gasteiger partial charge is 0.108 e. The van der Waals surface area contributed by atoms with Gasteiger partial charge in [0.2, 0.25) is 0 Å². The molecule has 0 radical (unpaired) electrons. The molecular weight excluding hydrogens is 340 g/mol. The third-order valence-electron chi connectivity index (χ3n) is 6.63. The molecule has 1 fully saturated rings. The molecule has 26 heavy (non-hydrogen) atoms. The number of ether oxygens (including phenoxy) is 1. The Hall–Kier alpha value is -1.62. The molecule has 5 rings (SSSR count). The Morgan fingerprint density at radius 3 is 2.73 bits per heavy atom. The molecule has 0 amide bonds. The number of hydrogen-bond acceptors (Lipinski definition) is 3. The fourth-order valence-electron chi connectivity index (χ4n) is 5.08. The monoisotopic (exact) mass is 366 g/mol. The number of aryl methyl sites for hydroxylation is 1. The summed E-state index contributed by atoms with van der Waals surface area (Å²) in [5.41, 5.74) is 5.38. The van der Waals surface area contributed by atoms with E-state index in [4.69, 9.17) is 4.74 Å². The van der Waals surface area contributed by atoms with Gasteiger partial charge in [-0.2, -0.15) is 0 Å². The maximum absolute atomic E-state index is 6.49. The molecule has 0 bridgehead atoms. The molecule has 2 N–H and O–H groups in total. The number of benzene rings is 1. The molecule has 0 unspecified atom stereocenters. The SMILES string of the molecule is CNC1(c2cccs2)CCC2(CC1)OCCc1c2[nH]c2ccc(C)cc12. The van der Waals surface area contributed by atoms with E-state index in [1.165, 1.54) is 32.6 Å². The van der Waals surface area contributed by atoms with Crippen molar-refractivity contribution in [3.05, 3.63) is 57.4 Å². The van der Waals surface area contributed by atoms with Crippen LogP contribution in [0.4, 0.5) is 0 Å². The van der Waals surface area contributed by atoms with Crippen LogP contribution in [0.3, 0.4) is 0 Å². The lowest BCUT2D eigenvalue weighted by Crippen LogP contribution is -2.49. The van der Waals surface area contributed by atoms with Crippen molar-refractivity contribution in [3.63, 3.8) is 0 Å². The lowest BCUT2D eigenvalue weighted by atomic mass is 9.70. The van der Waals surface area contributed by atoms with Gasteiger partial charge in [0.05, 0.1) is 17.8 Å². The van der Waals surface area contributed by atoms with Crippen LogP contribution in [0.5, 0.6) is 0 Å². The van der Waals surface area contributed by atoms with E-state index in [9.17, 15) is 0 Å². The summed E-state index contributed by atoms with van der Waals surface area (Å²) in [7, 11) is 2.11. The van der Waals surface area contributed by atoms with Gasteiger partial charge < -0.3 is 15.0 Å². The van der Waals surface area contributed by atoms with Gasteiger partial charge in [0.1, 0.15) is 5.60 Å². The van der Waals surface area contributed by atoms with Crippen molar-refractivity contribution in [2.45, 2.75) is 50.2 Å². The van der Waals surface area contributed by atoms with Crippen LogP contribution in [0.15, 0.2) is 35.7 Å². The summed E-state index contributed by atoms with van der Waals surface area (Å²) in [6, 6.07) is 11.2. The first kappa shape index (κ1) is 16.5. The fourth-order valence-corrected chi connectivity index (χ4v) is 6.07. The van der Waals surface area contributed by atoms with Crippen molar-refractivity contribution in [1.29, 1.82) is 0 Å². The predicted molar refractivity (Wildman–Crippen MR) is 108 cm³/mol. The van der Waals surface area contributed by atoms with E-state index in [0.29, 0.717) is 0 Å². The summed E-state index contributed by atoms with van der Waals surface area (Å²) in [5.74, 6) is 0. The summed E-state index contributed by atoms with van der Waals surface area (Å²) in [5, 5.41) is 7.23. The first-order valence-corrected chi connectivity index (χ1v) is 10.5. The Bertz CT molecular complexity index is 933. The van der Waals surface area contributed by atoms with Gasteiger partial charge >= 0.3 is 0 Å². The average molecular weight is 367 g/mol. The lowest BCUT2D eigenvalue weighted by Gasteiger charge is -2.47. The number of H-pyrrole nitrogens is 1. The normalized spacial score (nSPS) is 28.5. The first-order chi connectivity index (χ1) is 12.7. The second-order valence-electron chi connectivity index (χ2n) is 7.93. The highest BCUT2D eigenvalue weighted by Gasteiger charge is 2.48. The van der Waals surface area contributed by atoms with Crippen LogP contribution in [0.25, 0.3) is 10.9 Å². The number of fused-ring (bicyclic) bond motifs is 4. The minimum Gasteiger partial charge on any atom is -0.368 e. The largest absolute Gasteiger partial charge is 0.368 e. The Balaban J connectivity index is 1.54. The molecule has 2 aromatic heterocycles. The minimum atomic E-state index is -0.141. The quantitative estimate of drug-likeness (QED) is 0.670. The van der Waals surface area contributed by atoms with Gasteiger partial charge in [-0.25, -0.2) is 0 Å². The van der Waals surface area contributed by atoms with Gasteiger partial charge in [-0.15, -0.1) is 11.3 Å². The molecule has 1 saturated carbocycles. The number of thiophene rings is 1. The second-order valence-corrected chi connectivity index (χ2v) is 8.88. The van der Waals surface area contributed by atoms with Gasteiger partial charge in [-0.05, 0) is 75.2 Å². The van der Waals surface area contributed by atoms with Crippen molar-refractivity contribution in [2.24, 2.45) is 0 Å². The van der Waals surface area contributed by atoms with E-state index in [1.54, 1.807) is 0 Å². The van der Waals surface area contributed by atoms with Crippen LogP contribution in [0, 0.1) is 6.92 Å². The maximum atomic E-state index is 6.49. The summed E-state index contributed by atoms with van der Waals surface area (Å²) < 4.78 is 6.49. The minimum absolute atomic E-state index is 0.100. The molecule has 3 nitrogen and oxygen atoms in total. The molecule has 4 heteroatoms. The van der Waals surface area contributed by atoms with Gasteiger partial charge in [0.25, 0.3) is 0 Å². The Kier molecular flexibility index (Phi) is 3.78. The van der Waals surface area contributed by atoms with Gasteiger partial charge in [0, 0.05) is 15.8 Å². The predicted octanol–water partition coefficient (Wildman–Crippen LogP) is 4.99. The number of nitrogens with one attached hydrogen (secondary N) is 2. The van der Waals surface area contributed by atoms with E-state index in [-0.39, 0.29) is 11.1 Å². The number of aromatic amines is 1. The zero-order chi connectivity index (χ0) is 17.8. The molecule has 1 spiro atoms. The molecule has 2 aliphatic rings. The number of aromatic nitrogens is 1. The van der Waals surface area contributed by atoms with Gasteiger partial charge in [-0.3, -0.25) is 0 Å². The molecule has 1 aliphatic heterocycles. The standard InChI is InChI=1S/C22H26N2OS/c1-15-5-6-18-17(14-15)16-7-12-25-22(20(16)24-18)10-8-21(23-2,9-11-22)19-4-3-13-26-19/h3-6,13-14,23-24H,7-12H2,1-2H3. The Labute approximate surface area is 158 Å². The molecule has 3 heterocycles. The van der Waals surface area contributed by atoms with Crippen LogP contribution in [-0.2, 0) is 22.3 Å². The first-order valence-electron chi connectivity index (χ1n) is 9.64. The summed E-state index contributed by atoms with van der Waals surface area (Å²) in [4.78, 5) is 5.20. The number of hydrogen-bond donors (Lipinski definition) is 2. The van der Waals surface area contributed by atoms with E-state index < -0.39 is 0 Å². The average Bonchev–Trinajstić information content (AvgIpc) is 3.32. The van der Waals surface area contributed by atoms with E-state index in [1.807, 2.05) is 11.3 Å². The summed E-state index contributed by atoms with van der Waals surface area (Å²) in [6.07, 6.45) is 5.35. The molecule has 3 aromatic rings. The Morgan fingerprint density at radius 1 is 1.15 bits per heavy atom.